The van der Waals surface area contributed by atoms with Crippen molar-refractivity contribution in [1.82, 2.24) is 5.32 Å². The Labute approximate surface area is 133 Å². The van der Waals surface area contributed by atoms with Crippen molar-refractivity contribution in [3.63, 3.8) is 0 Å². The van der Waals surface area contributed by atoms with Gasteiger partial charge in [-0.15, -0.1) is 0 Å². The van der Waals surface area contributed by atoms with Crippen LogP contribution in [0, 0.1) is 12.7 Å². The predicted molar refractivity (Wildman–Crippen MR) is 88.9 cm³/mol. The van der Waals surface area contributed by atoms with Gasteiger partial charge in [-0.3, -0.25) is 0 Å². The molecule has 0 fully saturated rings. The number of rotatable bonds is 4. The second kappa shape index (κ2) is 6.34. The van der Waals surface area contributed by atoms with Crippen LogP contribution in [0.5, 0.6) is 0 Å². The van der Waals surface area contributed by atoms with Gasteiger partial charge in [-0.1, -0.05) is 30.3 Å². The van der Waals surface area contributed by atoms with Crippen molar-refractivity contribution in [2.24, 2.45) is 0 Å². The summed E-state index contributed by atoms with van der Waals surface area (Å²) in [7, 11) is 0. The first-order valence-electron chi connectivity index (χ1n) is 7.56. The molecule has 4 heteroatoms. The van der Waals surface area contributed by atoms with Crippen LogP contribution in [0.4, 0.5) is 4.39 Å². The normalized spacial score (nSPS) is 12.5. The molecule has 0 bridgehead atoms. The van der Waals surface area contributed by atoms with Gasteiger partial charge in [0.05, 0.1) is 0 Å². The standard InChI is InChI=1S/C19H18FNO2/c1-12-7-8-16-14(10-19(22)23-18(16)9-12)11-21-13(2)15-5-3-4-6-17(15)20/h3-10,13,21H,11H2,1-2H3/t13-/m1/s1. The van der Waals surface area contributed by atoms with Crippen LogP contribution in [0.3, 0.4) is 0 Å². The highest BCUT2D eigenvalue weighted by molar-refractivity contribution is 5.80. The zero-order valence-electron chi connectivity index (χ0n) is 13.1. The Morgan fingerprint density at radius 3 is 2.74 bits per heavy atom. The fraction of sp³-hybridized carbons (Fsp3) is 0.211. The SMILES string of the molecule is Cc1ccc2c(CN[C@H](C)c3ccccc3F)cc(=O)oc2c1. The van der Waals surface area contributed by atoms with Gasteiger partial charge in [0, 0.05) is 29.6 Å². The summed E-state index contributed by atoms with van der Waals surface area (Å²) in [6, 6.07) is 13.8. The highest BCUT2D eigenvalue weighted by Crippen LogP contribution is 2.20. The van der Waals surface area contributed by atoms with E-state index in [-0.39, 0.29) is 17.5 Å². The Morgan fingerprint density at radius 1 is 1.17 bits per heavy atom. The number of aryl methyl sites for hydroxylation is 1. The third-order valence-electron chi connectivity index (χ3n) is 3.96. The van der Waals surface area contributed by atoms with E-state index >= 15 is 0 Å². The molecular formula is C19H18FNO2. The molecule has 1 atom stereocenters. The average Bonchev–Trinajstić information content (AvgIpc) is 2.52. The van der Waals surface area contributed by atoms with Gasteiger partial charge >= 0.3 is 5.63 Å². The van der Waals surface area contributed by atoms with Crippen molar-refractivity contribution in [3.05, 3.63) is 81.5 Å². The highest BCUT2D eigenvalue weighted by atomic mass is 19.1. The molecule has 118 valence electrons. The number of hydrogen-bond donors (Lipinski definition) is 1. The highest BCUT2D eigenvalue weighted by Gasteiger charge is 2.11. The second-order valence-electron chi connectivity index (χ2n) is 5.71. The van der Waals surface area contributed by atoms with Crippen molar-refractivity contribution in [2.75, 3.05) is 0 Å². The second-order valence-corrected chi connectivity index (χ2v) is 5.71. The van der Waals surface area contributed by atoms with Crippen LogP contribution in [-0.4, -0.2) is 0 Å². The molecule has 3 rings (SSSR count). The molecule has 0 unspecified atom stereocenters. The van der Waals surface area contributed by atoms with E-state index in [9.17, 15) is 9.18 Å². The number of fused-ring (bicyclic) bond motifs is 1. The van der Waals surface area contributed by atoms with Crippen LogP contribution >= 0.6 is 0 Å². The molecule has 0 aliphatic rings. The topological polar surface area (TPSA) is 42.2 Å². The Morgan fingerprint density at radius 2 is 1.96 bits per heavy atom. The summed E-state index contributed by atoms with van der Waals surface area (Å²) in [6.07, 6.45) is 0. The van der Waals surface area contributed by atoms with E-state index in [0.717, 1.165) is 16.5 Å². The predicted octanol–water partition coefficient (Wildman–Crippen LogP) is 4.09. The number of hydrogen-bond acceptors (Lipinski definition) is 3. The first-order valence-corrected chi connectivity index (χ1v) is 7.56. The van der Waals surface area contributed by atoms with Crippen molar-refractivity contribution >= 4 is 11.0 Å². The maximum absolute atomic E-state index is 13.8. The van der Waals surface area contributed by atoms with Crippen LogP contribution in [0.2, 0.25) is 0 Å². The average molecular weight is 311 g/mol. The van der Waals surface area contributed by atoms with Crippen LogP contribution in [0.25, 0.3) is 11.0 Å². The minimum absolute atomic E-state index is 0.163. The molecule has 3 aromatic rings. The largest absolute Gasteiger partial charge is 0.423 e. The molecule has 0 spiro atoms. The molecule has 2 aromatic carbocycles. The van der Waals surface area contributed by atoms with E-state index in [2.05, 4.69) is 5.32 Å². The molecule has 1 N–H and O–H groups in total. The fourth-order valence-corrected chi connectivity index (χ4v) is 2.68. The first kappa shape index (κ1) is 15.4. The van der Waals surface area contributed by atoms with E-state index in [1.807, 2.05) is 38.1 Å². The molecule has 23 heavy (non-hydrogen) atoms. The Balaban J connectivity index is 1.87. The molecule has 0 saturated carbocycles. The van der Waals surface area contributed by atoms with Crippen LogP contribution in [0.1, 0.15) is 29.7 Å². The van der Waals surface area contributed by atoms with Gasteiger partial charge in [0.1, 0.15) is 11.4 Å². The fourth-order valence-electron chi connectivity index (χ4n) is 2.68. The van der Waals surface area contributed by atoms with Gasteiger partial charge in [0.15, 0.2) is 0 Å². The quantitative estimate of drug-likeness (QED) is 0.738. The smallest absolute Gasteiger partial charge is 0.336 e. The lowest BCUT2D eigenvalue weighted by Crippen LogP contribution is -2.20. The van der Waals surface area contributed by atoms with Crippen LogP contribution in [0.15, 0.2) is 57.7 Å². The Kier molecular flexibility index (Phi) is 4.26. The van der Waals surface area contributed by atoms with E-state index in [0.29, 0.717) is 17.7 Å². The maximum atomic E-state index is 13.8. The number of nitrogens with one attached hydrogen (secondary N) is 1. The van der Waals surface area contributed by atoms with Crippen LogP contribution < -0.4 is 10.9 Å². The summed E-state index contributed by atoms with van der Waals surface area (Å²) >= 11 is 0. The van der Waals surface area contributed by atoms with E-state index < -0.39 is 0 Å². The van der Waals surface area contributed by atoms with Gasteiger partial charge in [0.25, 0.3) is 0 Å². The molecule has 0 aliphatic carbocycles. The van der Waals surface area contributed by atoms with Gasteiger partial charge in [-0.25, -0.2) is 9.18 Å². The van der Waals surface area contributed by atoms with Gasteiger partial charge in [-0.2, -0.15) is 0 Å². The number of halogens is 1. The number of benzene rings is 2. The molecule has 1 aromatic heterocycles. The van der Waals surface area contributed by atoms with E-state index in [1.165, 1.54) is 12.1 Å². The lowest BCUT2D eigenvalue weighted by Gasteiger charge is -2.15. The molecule has 3 nitrogen and oxygen atoms in total. The van der Waals surface area contributed by atoms with Gasteiger partial charge < -0.3 is 9.73 Å². The lowest BCUT2D eigenvalue weighted by atomic mass is 10.1. The Bertz CT molecular complexity index is 901. The summed E-state index contributed by atoms with van der Waals surface area (Å²) < 4.78 is 19.1. The summed E-state index contributed by atoms with van der Waals surface area (Å²) in [6.45, 7) is 4.31. The van der Waals surface area contributed by atoms with Crippen LogP contribution in [-0.2, 0) is 6.54 Å². The summed E-state index contributed by atoms with van der Waals surface area (Å²) in [5.41, 5.74) is 2.69. The lowest BCUT2D eigenvalue weighted by molar-refractivity contribution is 0.523. The van der Waals surface area contributed by atoms with Gasteiger partial charge in [0.2, 0.25) is 0 Å². The third kappa shape index (κ3) is 3.32. The van der Waals surface area contributed by atoms with Gasteiger partial charge in [-0.05, 0) is 37.1 Å². The first-order chi connectivity index (χ1) is 11.0. The van der Waals surface area contributed by atoms with Crippen molar-refractivity contribution in [2.45, 2.75) is 26.4 Å². The minimum atomic E-state index is -0.376. The summed E-state index contributed by atoms with van der Waals surface area (Å²) in [5, 5.41) is 4.16. The molecule has 0 aliphatic heterocycles. The third-order valence-corrected chi connectivity index (χ3v) is 3.96. The molecule has 0 amide bonds. The summed E-state index contributed by atoms with van der Waals surface area (Å²) in [5.74, 6) is -0.236. The monoisotopic (exact) mass is 311 g/mol. The van der Waals surface area contributed by atoms with Crippen molar-refractivity contribution in [3.8, 4) is 0 Å². The molecule has 0 saturated heterocycles. The molecular weight excluding hydrogens is 293 g/mol. The van der Waals surface area contributed by atoms with E-state index in [1.54, 1.807) is 12.1 Å². The maximum Gasteiger partial charge on any atom is 0.336 e. The molecule has 1 heterocycles. The van der Waals surface area contributed by atoms with Crippen molar-refractivity contribution in [1.29, 1.82) is 0 Å². The zero-order chi connectivity index (χ0) is 16.4. The minimum Gasteiger partial charge on any atom is -0.423 e. The Hall–Kier alpha value is -2.46. The molecule has 0 radical (unpaired) electrons. The van der Waals surface area contributed by atoms with Crippen molar-refractivity contribution < 1.29 is 8.81 Å². The zero-order valence-corrected chi connectivity index (χ0v) is 13.1. The van der Waals surface area contributed by atoms with E-state index in [4.69, 9.17) is 4.42 Å². The summed E-state index contributed by atoms with van der Waals surface area (Å²) in [4.78, 5) is 11.7.